The van der Waals surface area contributed by atoms with Crippen molar-refractivity contribution < 1.29 is 19.4 Å². The molecule has 0 aliphatic carbocycles. The zero-order chi connectivity index (χ0) is 24.1. The molecule has 0 saturated carbocycles. The van der Waals surface area contributed by atoms with Crippen LogP contribution in [0.15, 0.2) is 72.8 Å². The number of fused-ring (bicyclic) bond motifs is 1. The maximum atomic E-state index is 12.8. The Balaban J connectivity index is 1.38. The van der Waals surface area contributed by atoms with E-state index in [0.717, 1.165) is 40.3 Å². The molecule has 0 radical (unpaired) electrons. The first-order valence-corrected chi connectivity index (χ1v) is 11.8. The van der Waals surface area contributed by atoms with Crippen LogP contribution in [-0.2, 0) is 35.4 Å². The van der Waals surface area contributed by atoms with E-state index in [1.807, 2.05) is 66.7 Å². The van der Waals surface area contributed by atoms with Crippen molar-refractivity contribution in [3.63, 3.8) is 0 Å². The molecule has 0 bridgehead atoms. The van der Waals surface area contributed by atoms with Gasteiger partial charge in [0.05, 0.1) is 0 Å². The number of nitrogens with zero attached hydrogens (tertiary/aromatic N) is 1. The highest BCUT2D eigenvalue weighted by Crippen LogP contribution is 2.37. The number of rotatable bonds is 9. The van der Waals surface area contributed by atoms with E-state index in [-0.39, 0.29) is 31.0 Å². The summed E-state index contributed by atoms with van der Waals surface area (Å²) in [4.78, 5) is 25.5. The van der Waals surface area contributed by atoms with Crippen LogP contribution in [0.3, 0.4) is 0 Å². The fraction of sp³-hybridized carbons (Fsp3) is 0.286. The van der Waals surface area contributed by atoms with Crippen LogP contribution >= 0.6 is 11.6 Å². The number of carbonyl (C=O) groups excluding carboxylic acids is 1. The van der Waals surface area contributed by atoms with Gasteiger partial charge in [-0.25, -0.2) is 0 Å². The Hall–Kier alpha value is -3.31. The molecule has 34 heavy (non-hydrogen) atoms. The summed E-state index contributed by atoms with van der Waals surface area (Å²) in [6.07, 6.45) is 2.36. The van der Waals surface area contributed by atoms with Gasteiger partial charge in [0, 0.05) is 30.8 Å². The number of hydrogen-bond acceptors (Lipinski definition) is 3. The second-order valence-electron chi connectivity index (χ2n) is 9.10. The second-order valence-corrected chi connectivity index (χ2v) is 9.54. The number of ether oxygens (including phenoxy) is 1. The molecular formula is C28H28ClNO4. The van der Waals surface area contributed by atoms with Crippen molar-refractivity contribution in [2.45, 2.75) is 44.8 Å². The molecule has 3 aromatic rings. The Kier molecular flexibility index (Phi) is 7.23. The quantitative estimate of drug-likeness (QED) is 0.452. The highest BCUT2D eigenvalue weighted by molar-refractivity contribution is 6.30. The molecule has 1 aliphatic heterocycles. The first-order chi connectivity index (χ1) is 16.3. The minimum Gasteiger partial charge on any atom is -0.487 e. The Morgan fingerprint density at radius 2 is 1.71 bits per heavy atom. The predicted octanol–water partition coefficient (Wildman–Crippen LogP) is 5.32. The number of benzene rings is 3. The maximum absolute atomic E-state index is 12.8. The second kappa shape index (κ2) is 10.3. The van der Waals surface area contributed by atoms with Crippen molar-refractivity contribution in [2.75, 3.05) is 6.54 Å². The van der Waals surface area contributed by atoms with E-state index < -0.39 is 5.97 Å². The molecule has 176 valence electrons. The summed E-state index contributed by atoms with van der Waals surface area (Å²) in [5.41, 5.74) is 3.92. The maximum Gasteiger partial charge on any atom is 0.323 e. The van der Waals surface area contributed by atoms with Gasteiger partial charge in [-0.3, -0.25) is 9.59 Å². The van der Waals surface area contributed by atoms with E-state index in [9.17, 15) is 14.7 Å². The zero-order valence-corrected chi connectivity index (χ0v) is 19.9. The van der Waals surface area contributed by atoms with Crippen molar-refractivity contribution in [3.8, 4) is 5.75 Å². The minimum atomic E-state index is -1.01. The molecule has 0 saturated heterocycles. The summed E-state index contributed by atoms with van der Waals surface area (Å²) < 4.78 is 6.28. The van der Waals surface area contributed by atoms with E-state index in [1.165, 1.54) is 10.5 Å². The van der Waals surface area contributed by atoms with Crippen molar-refractivity contribution in [2.24, 2.45) is 0 Å². The molecule has 1 N–H and O–H groups in total. The number of amides is 1. The minimum absolute atomic E-state index is 0.171. The number of aryl methyl sites for hydroxylation is 1. The summed E-state index contributed by atoms with van der Waals surface area (Å²) in [6.45, 7) is 2.08. The molecule has 0 fully saturated rings. The Bertz CT molecular complexity index is 1160. The summed E-state index contributed by atoms with van der Waals surface area (Å²) >= 11 is 6.00. The van der Waals surface area contributed by atoms with E-state index >= 15 is 0 Å². The fourth-order valence-electron chi connectivity index (χ4n) is 4.47. The van der Waals surface area contributed by atoms with Crippen molar-refractivity contribution in [1.82, 2.24) is 4.90 Å². The van der Waals surface area contributed by atoms with Gasteiger partial charge in [-0.05, 0) is 53.8 Å². The van der Waals surface area contributed by atoms with Crippen LogP contribution in [0.5, 0.6) is 5.75 Å². The number of hydrogen-bond donors (Lipinski definition) is 1. The van der Waals surface area contributed by atoms with E-state index in [4.69, 9.17) is 16.3 Å². The third-order valence-corrected chi connectivity index (χ3v) is 6.31. The Morgan fingerprint density at radius 3 is 2.41 bits per heavy atom. The largest absolute Gasteiger partial charge is 0.487 e. The van der Waals surface area contributed by atoms with Gasteiger partial charge in [0.25, 0.3) is 0 Å². The summed E-state index contributed by atoms with van der Waals surface area (Å²) in [5.74, 6) is -0.308. The van der Waals surface area contributed by atoms with Crippen LogP contribution in [0, 0.1) is 0 Å². The number of aliphatic carboxylic acids is 1. The van der Waals surface area contributed by atoms with Gasteiger partial charge >= 0.3 is 5.97 Å². The van der Waals surface area contributed by atoms with Gasteiger partial charge in [-0.15, -0.1) is 0 Å². The number of carboxylic acids is 1. The molecule has 0 aromatic heterocycles. The first kappa shape index (κ1) is 23.8. The molecule has 1 aliphatic rings. The molecule has 6 heteroatoms. The van der Waals surface area contributed by atoms with Gasteiger partial charge in [0.2, 0.25) is 5.91 Å². The van der Waals surface area contributed by atoms with Gasteiger partial charge < -0.3 is 14.7 Å². The normalized spacial score (nSPS) is 16.5. The molecule has 5 nitrogen and oxygen atoms in total. The summed E-state index contributed by atoms with van der Waals surface area (Å²) in [6, 6.07) is 23.3. The predicted molar refractivity (Wildman–Crippen MR) is 132 cm³/mol. The topological polar surface area (TPSA) is 66.8 Å². The molecular weight excluding hydrogens is 450 g/mol. The van der Waals surface area contributed by atoms with Gasteiger partial charge in [0.15, 0.2) is 0 Å². The molecule has 1 atom stereocenters. The van der Waals surface area contributed by atoms with E-state index in [1.54, 1.807) is 0 Å². The number of carboxylic acid groups (broad SMARTS) is 1. The van der Waals surface area contributed by atoms with E-state index in [0.29, 0.717) is 6.42 Å². The lowest BCUT2D eigenvalue weighted by molar-refractivity contribution is -0.144. The SMILES string of the molecule is C[C@]1(Cc2ccc(Cl)cc2)Cc2cc(CCC(=O)N(CC(=O)O)Cc3ccccc3)ccc2O1. The lowest BCUT2D eigenvalue weighted by Gasteiger charge is -2.24. The van der Waals surface area contributed by atoms with Gasteiger partial charge in [-0.2, -0.15) is 0 Å². The first-order valence-electron chi connectivity index (χ1n) is 11.4. The summed E-state index contributed by atoms with van der Waals surface area (Å²) in [5, 5.41) is 9.97. The lowest BCUT2D eigenvalue weighted by Crippen LogP contribution is -2.35. The summed E-state index contributed by atoms with van der Waals surface area (Å²) in [7, 11) is 0. The Labute approximate surface area is 204 Å². The molecule has 0 spiro atoms. The average Bonchev–Trinajstić information content (AvgIpc) is 3.14. The van der Waals surface area contributed by atoms with Crippen LogP contribution < -0.4 is 4.74 Å². The smallest absolute Gasteiger partial charge is 0.323 e. The standard InChI is InChI=1S/C28H28ClNO4/c1-28(16-21-7-11-24(29)12-8-21)17-23-15-20(9-13-25(23)34-28)10-14-26(31)30(19-27(32)33)18-22-5-3-2-4-6-22/h2-9,11-13,15H,10,14,16-19H2,1H3,(H,32,33)/t28-/m0/s1. The monoisotopic (exact) mass is 477 g/mol. The van der Waals surface area contributed by atoms with Crippen LogP contribution in [0.2, 0.25) is 5.02 Å². The molecule has 0 unspecified atom stereocenters. The van der Waals surface area contributed by atoms with Crippen LogP contribution in [0.4, 0.5) is 0 Å². The zero-order valence-electron chi connectivity index (χ0n) is 19.2. The average molecular weight is 478 g/mol. The number of carbonyl (C=O) groups is 2. The highest BCUT2D eigenvalue weighted by atomic mass is 35.5. The highest BCUT2D eigenvalue weighted by Gasteiger charge is 2.35. The van der Waals surface area contributed by atoms with Crippen molar-refractivity contribution in [1.29, 1.82) is 0 Å². The third-order valence-electron chi connectivity index (χ3n) is 6.06. The van der Waals surface area contributed by atoms with E-state index in [2.05, 4.69) is 13.0 Å². The fourth-order valence-corrected chi connectivity index (χ4v) is 4.60. The van der Waals surface area contributed by atoms with Crippen LogP contribution in [-0.4, -0.2) is 34.0 Å². The third kappa shape index (κ3) is 6.17. The number of halogens is 1. The molecule has 1 amide bonds. The lowest BCUT2D eigenvalue weighted by atomic mass is 9.91. The van der Waals surface area contributed by atoms with Crippen molar-refractivity contribution in [3.05, 3.63) is 100 Å². The van der Waals surface area contributed by atoms with Crippen molar-refractivity contribution >= 4 is 23.5 Å². The Morgan fingerprint density at radius 1 is 1.00 bits per heavy atom. The van der Waals surface area contributed by atoms with Gasteiger partial charge in [0.1, 0.15) is 17.9 Å². The van der Waals surface area contributed by atoms with Gasteiger partial charge in [-0.1, -0.05) is 66.2 Å². The molecule has 3 aromatic carbocycles. The molecule has 4 rings (SSSR count). The molecule has 1 heterocycles. The van der Waals surface area contributed by atoms with Crippen LogP contribution in [0.1, 0.15) is 35.6 Å². The van der Waals surface area contributed by atoms with Crippen LogP contribution in [0.25, 0.3) is 0 Å².